The predicted molar refractivity (Wildman–Crippen MR) is 132 cm³/mol. The lowest BCUT2D eigenvalue weighted by atomic mass is 9.81. The van der Waals surface area contributed by atoms with Crippen LogP contribution < -0.4 is 4.74 Å². The van der Waals surface area contributed by atoms with Crippen LogP contribution in [0.5, 0.6) is 5.75 Å². The summed E-state index contributed by atoms with van der Waals surface area (Å²) in [7, 11) is 0. The van der Waals surface area contributed by atoms with E-state index in [2.05, 4.69) is 69.8 Å². The molecule has 0 amide bonds. The van der Waals surface area contributed by atoms with Crippen LogP contribution >= 0.6 is 0 Å². The van der Waals surface area contributed by atoms with Gasteiger partial charge in [0.15, 0.2) is 0 Å². The largest absolute Gasteiger partial charge is 0.493 e. The van der Waals surface area contributed by atoms with Gasteiger partial charge in [0.05, 0.1) is 24.6 Å². The Hall–Kier alpha value is -3.14. The number of aliphatic imine (C=N–C) groups is 1. The van der Waals surface area contributed by atoms with E-state index in [9.17, 15) is 4.79 Å². The zero-order valence-electron chi connectivity index (χ0n) is 19.4. The molecule has 0 atom stereocenters. The number of fused-ring (bicyclic) bond motifs is 1. The molecule has 0 aromatic heterocycles. The quantitative estimate of drug-likeness (QED) is 0.225. The van der Waals surface area contributed by atoms with E-state index in [0.717, 1.165) is 48.4 Å². The number of ether oxygens (including phenoxy) is 2. The minimum Gasteiger partial charge on any atom is -0.493 e. The average Bonchev–Trinajstić information content (AvgIpc) is 3.04. The molecule has 0 saturated heterocycles. The number of aryl methyl sites for hydroxylation is 1. The van der Waals surface area contributed by atoms with Crippen molar-refractivity contribution in [3.8, 4) is 5.75 Å². The Balaban J connectivity index is 1.55. The van der Waals surface area contributed by atoms with Gasteiger partial charge in [0.25, 0.3) is 0 Å². The molecule has 4 heteroatoms. The summed E-state index contributed by atoms with van der Waals surface area (Å²) in [5.74, 6) is 0.532. The summed E-state index contributed by atoms with van der Waals surface area (Å²) in [5.41, 5.74) is 5.52. The highest BCUT2D eigenvalue weighted by Gasteiger charge is 2.32. The second kappa shape index (κ2) is 10.9. The third-order valence-electron chi connectivity index (χ3n) is 5.75. The van der Waals surface area contributed by atoms with Crippen LogP contribution in [0.3, 0.4) is 0 Å². The molecule has 168 valence electrons. The molecular weight excluding hydrogens is 398 g/mol. The molecule has 1 heterocycles. The van der Waals surface area contributed by atoms with Gasteiger partial charge in [0.1, 0.15) is 5.75 Å². The van der Waals surface area contributed by atoms with E-state index in [4.69, 9.17) is 14.5 Å². The van der Waals surface area contributed by atoms with Gasteiger partial charge >= 0.3 is 5.97 Å². The molecule has 1 aliphatic heterocycles. The molecule has 4 nitrogen and oxygen atoms in total. The molecule has 0 fully saturated rings. The molecular formula is C28H33NO3. The van der Waals surface area contributed by atoms with Crippen molar-refractivity contribution in [1.82, 2.24) is 0 Å². The summed E-state index contributed by atoms with van der Waals surface area (Å²) in [6.45, 7) is 11.0. The number of para-hydroxylation sites is 1. The molecule has 0 aliphatic carbocycles. The lowest BCUT2D eigenvalue weighted by Gasteiger charge is -2.20. The maximum absolute atomic E-state index is 11.0. The maximum atomic E-state index is 11.0. The number of hydrogen-bond donors (Lipinski definition) is 0. The third kappa shape index (κ3) is 5.97. The van der Waals surface area contributed by atoms with Crippen molar-refractivity contribution in [2.45, 2.75) is 51.9 Å². The average molecular weight is 432 g/mol. The van der Waals surface area contributed by atoms with Crippen molar-refractivity contribution in [3.63, 3.8) is 0 Å². The van der Waals surface area contributed by atoms with Gasteiger partial charge in [-0.1, -0.05) is 50.3 Å². The van der Waals surface area contributed by atoms with Crippen molar-refractivity contribution >= 4 is 23.4 Å². The van der Waals surface area contributed by atoms with Crippen LogP contribution in [0.4, 0.5) is 5.69 Å². The zero-order valence-corrected chi connectivity index (χ0v) is 19.4. The van der Waals surface area contributed by atoms with Gasteiger partial charge in [0.2, 0.25) is 0 Å². The van der Waals surface area contributed by atoms with E-state index in [1.807, 2.05) is 12.1 Å². The van der Waals surface area contributed by atoms with E-state index >= 15 is 0 Å². The number of esters is 1. The number of nitrogens with zero attached hydrogens (tertiary/aromatic N) is 1. The number of carbonyl (C=O) groups is 1. The first kappa shape index (κ1) is 23.5. The summed E-state index contributed by atoms with van der Waals surface area (Å²) in [6, 6.07) is 14.6. The molecule has 0 unspecified atom stereocenters. The van der Waals surface area contributed by atoms with Crippen LogP contribution in [-0.4, -0.2) is 24.9 Å². The van der Waals surface area contributed by atoms with Gasteiger partial charge < -0.3 is 9.47 Å². The Bertz CT molecular complexity index is 1020. The van der Waals surface area contributed by atoms with E-state index in [1.54, 1.807) is 0 Å². The van der Waals surface area contributed by atoms with Gasteiger partial charge in [-0.3, -0.25) is 4.99 Å². The Labute approximate surface area is 191 Å². The molecule has 2 aromatic carbocycles. The second-order valence-corrected chi connectivity index (χ2v) is 8.65. The van der Waals surface area contributed by atoms with Crippen LogP contribution in [0.1, 0.15) is 56.2 Å². The topological polar surface area (TPSA) is 47.9 Å². The standard InChI is InChI=1S/C28H33NO3/c1-5-27(30)32-19-11-7-6-10-18-31-25-16-14-21(2)20-22(25)15-17-26-28(3,4)23-12-8-9-13-24(23)29-26/h5,8-9,12-17,20H,1,6-7,10-11,18-19H2,2-4H3/b17-15+. The number of allylic oxidation sites excluding steroid dienone is 1. The minimum absolute atomic E-state index is 0.113. The molecule has 0 spiro atoms. The van der Waals surface area contributed by atoms with Crippen LogP contribution in [-0.2, 0) is 14.9 Å². The highest BCUT2D eigenvalue weighted by atomic mass is 16.5. The fourth-order valence-corrected chi connectivity index (χ4v) is 3.82. The maximum Gasteiger partial charge on any atom is 0.330 e. The van der Waals surface area contributed by atoms with Crippen molar-refractivity contribution in [3.05, 3.63) is 77.9 Å². The fourth-order valence-electron chi connectivity index (χ4n) is 3.82. The van der Waals surface area contributed by atoms with Crippen LogP contribution in [0, 0.1) is 6.92 Å². The molecule has 32 heavy (non-hydrogen) atoms. The van der Waals surface area contributed by atoms with Crippen molar-refractivity contribution in [1.29, 1.82) is 0 Å². The molecule has 1 aliphatic rings. The highest BCUT2D eigenvalue weighted by molar-refractivity contribution is 6.10. The van der Waals surface area contributed by atoms with Gasteiger partial charge in [-0.15, -0.1) is 0 Å². The van der Waals surface area contributed by atoms with Gasteiger partial charge in [0, 0.05) is 17.1 Å². The van der Waals surface area contributed by atoms with Gasteiger partial charge in [-0.25, -0.2) is 4.79 Å². The third-order valence-corrected chi connectivity index (χ3v) is 5.75. The van der Waals surface area contributed by atoms with E-state index in [1.165, 1.54) is 17.2 Å². The highest BCUT2D eigenvalue weighted by Crippen LogP contribution is 2.40. The summed E-state index contributed by atoms with van der Waals surface area (Å²) < 4.78 is 11.1. The Morgan fingerprint density at radius 3 is 2.53 bits per heavy atom. The van der Waals surface area contributed by atoms with Crippen molar-refractivity contribution in [2.75, 3.05) is 13.2 Å². The lowest BCUT2D eigenvalue weighted by Crippen LogP contribution is -2.23. The Morgan fingerprint density at radius 2 is 1.78 bits per heavy atom. The van der Waals surface area contributed by atoms with Crippen molar-refractivity contribution < 1.29 is 14.3 Å². The first-order valence-electron chi connectivity index (χ1n) is 11.3. The summed E-state index contributed by atoms with van der Waals surface area (Å²) in [4.78, 5) is 15.9. The molecule has 0 bridgehead atoms. The first-order valence-corrected chi connectivity index (χ1v) is 11.3. The second-order valence-electron chi connectivity index (χ2n) is 8.65. The van der Waals surface area contributed by atoms with E-state index in [0.29, 0.717) is 13.2 Å². The Morgan fingerprint density at radius 1 is 1.03 bits per heavy atom. The van der Waals surface area contributed by atoms with Gasteiger partial charge in [-0.05, 0) is 68.5 Å². The minimum atomic E-state index is -0.357. The van der Waals surface area contributed by atoms with Crippen molar-refractivity contribution in [2.24, 2.45) is 4.99 Å². The number of hydrogen-bond acceptors (Lipinski definition) is 4. The summed E-state index contributed by atoms with van der Waals surface area (Å²) >= 11 is 0. The number of carbonyl (C=O) groups excluding carboxylic acids is 1. The SMILES string of the molecule is C=CC(=O)OCCCCCCOc1ccc(C)cc1/C=C/C1=Nc2ccccc2C1(C)C. The van der Waals surface area contributed by atoms with E-state index < -0.39 is 0 Å². The summed E-state index contributed by atoms with van der Waals surface area (Å²) in [5, 5.41) is 0. The summed E-state index contributed by atoms with van der Waals surface area (Å²) in [6.07, 6.45) is 9.28. The smallest absolute Gasteiger partial charge is 0.330 e. The molecule has 0 N–H and O–H groups in total. The predicted octanol–water partition coefficient (Wildman–Crippen LogP) is 6.74. The van der Waals surface area contributed by atoms with Crippen LogP contribution in [0.2, 0.25) is 0 Å². The first-order chi connectivity index (χ1) is 15.4. The monoisotopic (exact) mass is 431 g/mol. The molecule has 0 saturated carbocycles. The van der Waals surface area contributed by atoms with E-state index in [-0.39, 0.29) is 11.4 Å². The van der Waals surface area contributed by atoms with Crippen LogP contribution in [0.15, 0.2) is 66.2 Å². The number of benzene rings is 2. The van der Waals surface area contributed by atoms with Gasteiger partial charge in [-0.2, -0.15) is 0 Å². The van der Waals surface area contributed by atoms with Crippen LogP contribution in [0.25, 0.3) is 6.08 Å². The lowest BCUT2D eigenvalue weighted by molar-refractivity contribution is -0.137. The zero-order chi connectivity index (χ0) is 23.0. The normalized spacial score (nSPS) is 14.2. The molecule has 2 aromatic rings. The molecule has 3 rings (SSSR count). The number of rotatable bonds is 11. The Kier molecular flexibility index (Phi) is 8.04. The number of unbranched alkanes of at least 4 members (excludes halogenated alkanes) is 3. The molecule has 0 radical (unpaired) electrons. The fraction of sp³-hybridized carbons (Fsp3) is 0.357.